The van der Waals surface area contributed by atoms with Crippen molar-refractivity contribution in [2.45, 2.75) is 12.5 Å². The molecule has 0 aliphatic carbocycles. The first-order valence-electron chi connectivity index (χ1n) is 6.79. The summed E-state index contributed by atoms with van der Waals surface area (Å²) in [5.74, 6) is 0.477. The van der Waals surface area contributed by atoms with Gasteiger partial charge in [0, 0.05) is 31.4 Å². The molecular weight excluding hydrogens is 288 g/mol. The topological polar surface area (TPSA) is 117 Å². The summed E-state index contributed by atoms with van der Waals surface area (Å²) in [4.78, 5) is 28.0. The van der Waals surface area contributed by atoms with Crippen LogP contribution in [0.25, 0.3) is 0 Å². The number of rotatable bonds is 4. The van der Waals surface area contributed by atoms with Crippen LogP contribution in [-0.2, 0) is 0 Å². The number of likely N-dealkylation sites (tertiary alicyclic amines) is 1. The fourth-order valence-corrected chi connectivity index (χ4v) is 2.40. The Bertz CT molecular complexity index is 670. The van der Waals surface area contributed by atoms with E-state index in [1.807, 2.05) is 0 Å². The molecule has 2 aromatic rings. The molecule has 0 unspecified atom stereocenters. The molecule has 9 heteroatoms. The molecule has 0 bridgehead atoms. The van der Waals surface area contributed by atoms with Gasteiger partial charge in [-0.05, 0) is 18.6 Å². The Morgan fingerprint density at radius 1 is 1.45 bits per heavy atom. The molecule has 22 heavy (non-hydrogen) atoms. The molecule has 1 atom stereocenters. The van der Waals surface area contributed by atoms with E-state index >= 15 is 0 Å². The molecule has 0 saturated carbocycles. The summed E-state index contributed by atoms with van der Waals surface area (Å²) in [5, 5.41) is 20.2. The van der Waals surface area contributed by atoms with Crippen molar-refractivity contribution in [3.05, 3.63) is 46.4 Å². The third kappa shape index (κ3) is 2.87. The van der Waals surface area contributed by atoms with Crippen LogP contribution in [0.2, 0.25) is 0 Å². The van der Waals surface area contributed by atoms with Gasteiger partial charge in [-0.25, -0.2) is 4.98 Å². The summed E-state index contributed by atoms with van der Waals surface area (Å²) in [5.41, 5.74) is 0.419. The van der Waals surface area contributed by atoms with E-state index in [0.29, 0.717) is 24.6 Å². The number of carbonyl (C=O) groups is 1. The molecule has 1 aliphatic heterocycles. The highest BCUT2D eigenvalue weighted by molar-refractivity contribution is 5.92. The minimum Gasteiger partial charge on any atom is -0.365 e. The van der Waals surface area contributed by atoms with E-state index in [0.717, 1.165) is 6.42 Å². The molecule has 0 aromatic carbocycles. The smallest absolute Gasteiger partial charge is 0.287 e. The lowest BCUT2D eigenvalue weighted by molar-refractivity contribution is -0.385. The van der Waals surface area contributed by atoms with Crippen molar-refractivity contribution < 1.29 is 9.72 Å². The number of carbonyl (C=O) groups excluding carboxylic acids is 1. The maximum absolute atomic E-state index is 12.2. The Morgan fingerprint density at radius 3 is 2.95 bits per heavy atom. The summed E-state index contributed by atoms with van der Waals surface area (Å²) >= 11 is 0. The first kappa shape index (κ1) is 14.0. The standard InChI is InChI=1S/C13H14N6O3/c20-13(11-3-5-15-17-11)18-6-4-9(8-18)16-12-2-1-10(7-14-12)19(21)22/h1-3,5,7,9H,4,6,8H2,(H,14,16)(H,15,17)/t9-/m0/s1. The number of pyridine rings is 1. The minimum atomic E-state index is -0.489. The van der Waals surface area contributed by atoms with E-state index in [1.54, 1.807) is 23.2 Å². The number of hydrogen-bond acceptors (Lipinski definition) is 6. The molecule has 3 heterocycles. The number of amides is 1. The Labute approximate surface area is 125 Å². The van der Waals surface area contributed by atoms with E-state index in [-0.39, 0.29) is 17.6 Å². The summed E-state index contributed by atoms with van der Waals surface area (Å²) in [6.07, 6.45) is 3.54. The van der Waals surface area contributed by atoms with Gasteiger partial charge in [0.2, 0.25) is 0 Å². The van der Waals surface area contributed by atoms with Crippen molar-refractivity contribution in [1.82, 2.24) is 20.1 Å². The maximum atomic E-state index is 12.2. The van der Waals surface area contributed by atoms with Gasteiger partial charge in [-0.1, -0.05) is 0 Å². The number of hydrogen-bond donors (Lipinski definition) is 2. The van der Waals surface area contributed by atoms with Crippen molar-refractivity contribution >= 4 is 17.4 Å². The number of aromatic amines is 1. The molecular formula is C13H14N6O3. The fourth-order valence-electron chi connectivity index (χ4n) is 2.40. The van der Waals surface area contributed by atoms with Crippen LogP contribution >= 0.6 is 0 Å². The molecule has 2 N–H and O–H groups in total. The molecule has 114 valence electrons. The zero-order valence-corrected chi connectivity index (χ0v) is 11.6. The minimum absolute atomic E-state index is 0.0481. The average molecular weight is 302 g/mol. The van der Waals surface area contributed by atoms with Crippen molar-refractivity contribution in [3.8, 4) is 0 Å². The molecule has 1 fully saturated rings. The first-order chi connectivity index (χ1) is 10.6. The highest BCUT2D eigenvalue weighted by Gasteiger charge is 2.27. The Balaban J connectivity index is 1.59. The molecule has 9 nitrogen and oxygen atoms in total. The van der Waals surface area contributed by atoms with Crippen LogP contribution in [0.1, 0.15) is 16.9 Å². The van der Waals surface area contributed by atoms with Crippen molar-refractivity contribution in [2.24, 2.45) is 0 Å². The SMILES string of the molecule is O=C(c1ccn[nH]1)N1CC[C@H](Nc2ccc([N+](=O)[O-])cn2)C1. The Morgan fingerprint density at radius 2 is 2.32 bits per heavy atom. The molecule has 1 aliphatic rings. The number of aromatic nitrogens is 3. The van der Waals surface area contributed by atoms with Gasteiger partial charge in [0.25, 0.3) is 11.6 Å². The summed E-state index contributed by atoms with van der Waals surface area (Å²) in [6, 6.07) is 4.68. The van der Waals surface area contributed by atoms with Crippen molar-refractivity contribution in [3.63, 3.8) is 0 Å². The molecule has 2 aromatic heterocycles. The van der Waals surface area contributed by atoms with Crippen LogP contribution in [0.5, 0.6) is 0 Å². The van der Waals surface area contributed by atoms with E-state index in [1.165, 1.54) is 12.3 Å². The Hall–Kier alpha value is -2.97. The lowest BCUT2D eigenvalue weighted by Crippen LogP contribution is -2.31. The second-order valence-corrected chi connectivity index (χ2v) is 5.01. The molecule has 1 saturated heterocycles. The summed E-state index contributed by atoms with van der Waals surface area (Å²) in [6.45, 7) is 1.19. The lowest BCUT2D eigenvalue weighted by Gasteiger charge is -2.16. The zero-order chi connectivity index (χ0) is 15.5. The second kappa shape index (κ2) is 5.80. The van der Waals surface area contributed by atoms with Crippen LogP contribution in [0.3, 0.4) is 0 Å². The van der Waals surface area contributed by atoms with E-state index < -0.39 is 4.92 Å². The van der Waals surface area contributed by atoms with Gasteiger partial charge in [-0.3, -0.25) is 20.0 Å². The Kier molecular flexibility index (Phi) is 3.69. The summed E-state index contributed by atoms with van der Waals surface area (Å²) < 4.78 is 0. The van der Waals surface area contributed by atoms with Gasteiger partial charge in [0.05, 0.1) is 4.92 Å². The number of nitrogens with zero attached hydrogens (tertiary/aromatic N) is 4. The second-order valence-electron chi connectivity index (χ2n) is 5.01. The molecule has 1 amide bonds. The van der Waals surface area contributed by atoms with Crippen molar-refractivity contribution in [2.75, 3.05) is 18.4 Å². The average Bonchev–Trinajstić information content (AvgIpc) is 3.19. The van der Waals surface area contributed by atoms with Gasteiger partial charge < -0.3 is 10.2 Å². The number of H-pyrrole nitrogens is 1. The van der Waals surface area contributed by atoms with E-state index in [2.05, 4.69) is 20.5 Å². The lowest BCUT2D eigenvalue weighted by atomic mass is 10.2. The van der Waals surface area contributed by atoms with E-state index in [4.69, 9.17) is 0 Å². The zero-order valence-electron chi connectivity index (χ0n) is 11.6. The number of nitro groups is 1. The van der Waals surface area contributed by atoms with Gasteiger partial charge in [-0.2, -0.15) is 5.10 Å². The largest absolute Gasteiger partial charge is 0.365 e. The normalized spacial score (nSPS) is 17.5. The fraction of sp³-hybridized carbons (Fsp3) is 0.308. The van der Waals surface area contributed by atoms with Crippen LogP contribution in [-0.4, -0.2) is 50.0 Å². The van der Waals surface area contributed by atoms with Crippen molar-refractivity contribution in [1.29, 1.82) is 0 Å². The van der Waals surface area contributed by atoms with Crippen LogP contribution < -0.4 is 5.32 Å². The van der Waals surface area contributed by atoms with Crippen LogP contribution in [0, 0.1) is 10.1 Å². The van der Waals surface area contributed by atoms with E-state index in [9.17, 15) is 14.9 Å². The monoisotopic (exact) mass is 302 g/mol. The number of nitrogens with one attached hydrogen (secondary N) is 2. The molecule has 0 spiro atoms. The van der Waals surface area contributed by atoms with Crippen LogP contribution in [0.15, 0.2) is 30.6 Å². The quantitative estimate of drug-likeness (QED) is 0.643. The molecule has 3 rings (SSSR count). The summed E-state index contributed by atoms with van der Waals surface area (Å²) in [7, 11) is 0. The van der Waals surface area contributed by atoms with Gasteiger partial charge in [-0.15, -0.1) is 0 Å². The highest BCUT2D eigenvalue weighted by Crippen LogP contribution is 2.18. The molecule has 0 radical (unpaired) electrons. The van der Waals surface area contributed by atoms with Crippen LogP contribution in [0.4, 0.5) is 11.5 Å². The first-order valence-corrected chi connectivity index (χ1v) is 6.79. The maximum Gasteiger partial charge on any atom is 0.287 e. The van der Waals surface area contributed by atoms with Gasteiger partial charge in [0.15, 0.2) is 0 Å². The van der Waals surface area contributed by atoms with Gasteiger partial charge in [0.1, 0.15) is 17.7 Å². The predicted molar refractivity (Wildman–Crippen MR) is 77.4 cm³/mol. The third-order valence-electron chi connectivity index (χ3n) is 3.52. The highest BCUT2D eigenvalue weighted by atomic mass is 16.6. The number of anilines is 1. The van der Waals surface area contributed by atoms with Gasteiger partial charge >= 0.3 is 0 Å². The third-order valence-corrected chi connectivity index (χ3v) is 3.52. The predicted octanol–water partition coefficient (Wildman–Crippen LogP) is 1.04.